The summed E-state index contributed by atoms with van der Waals surface area (Å²) in [6.45, 7) is 1.85. The Kier molecular flexibility index (Phi) is 3.25. The van der Waals surface area contributed by atoms with Gasteiger partial charge in [-0.05, 0) is 25.1 Å². The zero-order chi connectivity index (χ0) is 13.3. The van der Waals surface area contributed by atoms with Crippen molar-refractivity contribution in [3.05, 3.63) is 40.5 Å². The molecule has 1 heterocycles. The summed E-state index contributed by atoms with van der Waals surface area (Å²) in [6, 6.07) is 6.56. The molecular formula is C12H13ClN4O. The molecule has 1 aromatic heterocycles. The molecule has 0 aliphatic heterocycles. The number of nitrogen functional groups attached to an aromatic ring is 1. The fourth-order valence-corrected chi connectivity index (χ4v) is 1.83. The van der Waals surface area contributed by atoms with E-state index in [1.165, 1.54) is 0 Å². The van der Waals surface area contributed by atoms with Gasteiger partial charge in [0.15, 0.2) is 0 Å². The van der Waals surface area contributed by atoms with Gasteiger partial charge < -0.3 is 11.1 Å². The van der Waals surface area contributed by atoms with Crippen LogP contribution in [-0.2, 0) is 7.05 Å². The largest absolute Gasteiger partial charge is 0.399 e. The number of carbonyl (C=O) groups excluding carboxylic acids is 1. The summed E-state index contributed by atoms with van der Waals surface area (Å²) in [6.07, 6.45) is 0. The molecule has 94 valence electrons. The number of carbonyl (C=O) groups is 1. The lowest BCUT2D eigenvalue weighted by Crippen LogP contribution is -2.15. The van der Waals surface area contributed by atoms with E-state index in [1.807, 2.05) is 6.92 Å². The molecule has 2 aromatic rings. The van der Waals surface area contributed by atoms with Crippen LogP contribution >= 0.6 is 11.6 Å². The molecule has 0 bridgehead atoms. The smallest absolute Gasteiger partial charge is 0.258 e. The van der Waals surface area contributed by atoms with Crippen LogP contribution in [0.2, 0.25) is 5.02 Å². The fourth-order valence-electron chi connectivity index (χ4n) is 1.63. The van der Waals surface area contributed by atoms with E-state index in [1.54, 1.807) is 36.0 Å². The molecule has 0 saturated heterocycles. The van der Waals surface area contributed by atoms with E-state index in [0.29, 0.717) is 22.1 Å². The first-order valence-corrected chi connectivity index (χ1v) is 5.72. The average molecular weight is 265 g/mol. The SMILES string of the molecule is Cc1cc(NC(=O)c2cc(N)ccc2Cl)n(C)n1. The monoisotopic (exact) mass is 264 g/mol. The van der Waals surface area contributed by atoms with Crippen LogP contribution in [0.1, 0.15) is 16.1 Å². The number of benzene rings is 1. The predicted molar refractivity (Wildman–Crippen MR) is 71.8 cm³/mol. The van der Waals surface area contributed by atoms with Crippen molar-refractivity contribution in [2.24, 2.45) is 7.05 Å². The molecule has 5 nitrogen and oxygen atoms in total. The Balaban J connectivity index is 2.27. The molecule has 3 N–H and O–H groups in total. The average Bonchev–Trinajstić information content (AvgIpc) is 2.61. The second kappa shape index (κ2) is 4.70. The lowest BCUT2D eigenvalue weighted by atomic mass is 10.2. The maximum atomic E-state index is 12.1. The molecule has 0 spiro atoms. The molecule has 18 heavy (non-hydrogen) atoms. The fraction of sp³-hybridized carbons (Fsp3) is 0.167. The number of nitrogens with two attached hydrogens (primary N) is 1. The van der Waals surface area contributed by atoms with Crippen molar-refractivity contribution in [3.8, 4) is 0 Å². The van der Waals surface area contributed by atoms with Crippen molar-refractivity contribution >= 4 is 29.0 Å². The molecule has 1 amide bonds. The van der Waals surface area contributed by atoms with Gasteiger partial charge in [0.2, 0.25) is 0 Å². The van der Waals surface area contributed by atoms with E-state index in [-0.39, 0.29) is 5.91 Å². The minimum absolute atomic E-state index is 0.310. The number of rotatable bonds is 2. The van der Waals surface area contributed by atoms with Gasteiger partial charge in [0, 0.05) is 18.8 Å². The zero-order valence-corrected chi connectivity index (χ0v) is 10.8. The van der Waals surface area contributed by atoms with Crippen molar-refractivity contribution in [3.63, 3.8) is 0 Å². The van der Waals surface area contributed by atoms with Gasteiger partial charge in [-0.1, -0.05) is 11.6 Å². The zero-order valence-electron chi connectivity index (χ0n) is 10.1. The van der Waals surface area contributed by atoms with Crippen LogP contribution in [-0.4, -0.2) is 15.7 Å². The number of hydrogen-bond acceptors (Lipinski definition) is 3. The van der Waals surface area contributed by atoms with E-state index >= 15 is 0 Å². The van der Waals surface area contributed by atoms with Crippen molar-refractivity contribution < 1.29 is 4.79 Å². The standard InChI is InChI=1S/C12H13ClN4O/c1-7-5-11(17(2)16-7)15-12(18)9-6-8(14)3-4-10(9)13/h3-6H,14H2,1-2H3,(H,15,18). The van der Waals surface area contributed by atoms with E-state index in [4.69, 9.17) is 17.3 Å². The van der Waals surface area contributed by atoms with E-state index in [0.717, 1.165) is 5.69 Å². The Hall–Kier alpha value is -2.01. The van der Waals surface area contributed by atoms with Gasteiger partial charge >= 0.3 is 0 Å². The Bertz CT molecular complexity index is 606. The molecule has 2 rings (SSSR count). The second-order valence-electron chi connectivity index (χ2n) is 3.99. The molecule has 0 saturated carbocycles. The molecule has 0 radical (unpaired) electrons. The van der Waals surface area contributed by atoms with Crippen LogP contribution in [0, 0.1) is 6.92 Å². The summed E-state index contributed by atoms with van der Waals surface area (Å²) >= 11 is 5.96. The van der Waals surface area contributed by atoms with E-state index < -0.39 is 0 Å². The van der Waals surface area contributed by atoms with Gasteiger partial charge in [-0.2, -0.15) is 5.10 Å². The molecule has 0 atom stereocenters. The van der Waals surface area contributed by atoms with Gasteiger partial charge in [0.1, 0.15) is 5.82 Å². The Morgan fingerprint density at radius 2 is 2.17 bits per heavy atom. The quantitative estimate of drug-likeness (QED) is 0.817. The van der Waals surface area contributed by atoms with Crippen LogP contribution in [0.5, 0.6) is 0 Å². The number of aromatic nitrogens is 2. The van der Waals surface area contributed by atoms with E-state index in [2.05, 4.69) is 10.4 Å². The second-order valence-corrected chi connectivity index (χ2v) is 4.40. The molecule has 0 aliphatic carbocycles. The highest BCUT2D eigenvalue weighted by Gasteiger charge is 2.13. The summed E-state index contributed by atoms with van der Waals surface area (Å²) < 4.78 is 1.59. The third kappa shape index (κ3) is 2.46. The van der Waals surface area contributed by atoms with Crippen LogP contribution in [0.4, 0.5) is 11.5 Å². The molecule has 0 fully saturated rings. The van der Waals surface area contributed by atoms with Crippen molar-refractivity contribution in [1.82, 2.24) is 9.78 Å². The molecule has 0 unspecified atom stereocenters. The number of nitrogens with one attached hydrogen (secondary N) is 1. The van der Waals surface area contributed by atoms with Gasteiger partial charge in [0.05, 0.1) is 16.3 Å². The number of amides is 1. The number of halogens is 1. The highest BCUT2D eigenvalue weighted by molar-refractivity contribution is 6.34. The summed E-state index contributed by atoms with van der Waals surface area (Å²) in [4.78, 5) is 12.1. The summed E-state index contributed by atoms with van der Waals surface area (Å²) in [5.41, 5.74) is 7.30. The first-order chi connectivity index (χ1) is 8.47. The summed E-state index contributed by atoms with van der Waals surface area (Å²) in [5, 5.41) is 7.24. The van der Waals surface area contributed by atoms with Crippen LogP contribution in [0.3, 0.4) is 0 Å². The topological polar surface area (TPSA) is 72.9 Å². The number of anilines is 2. The molecular weight excluding hydrogens is 252 g/mol. The van der Waals surface area contributed by atoms with Crippen molar-refractivity contribution in [2.45, 2.75) is 6.92 Å². The molecule has 1 aromatic carbocycles. The van der Waals surface area contributed by atoms with Gasteiger partial charge in [0.25, 0.3) is 5.91 Å². The van der Waals surface area contributed by atoms with Crippen LogP contribution in [0.25, 0.3) is 0 Å². The number of hydrogen-bond donors (Lipinski definition) is 2. The number of nitrogens with zero attached hydrogens (tertiary/aromatic N) is 2. The maximum absolute atomic E-state index is 12.1. The first kappa shape index (κ1) is 12.4. The van der Waals surface area contributed by atoms with Gasteiger partial charge in [-0.15, -0.1) is 0 Å². The van der Waals surface area contributed by atoms with Crippen LogP contribution in [0.15, 0.2) is 24.3 Å². The number of aryl methyl sites for hydroxylation is 2. The maximum Gasteiger partial charge on any atom is 0.258 e. The highest BCUT2D eigenvalue weighted by Crippen LogP contribution is 2.20. The van der Waals surface area contributed by atoms with Crippen molar-refractivity contribution in [2.75, 3.05) is 11.1 Å². The minimum Gasteiger partial charge on any atom is -0.399 e. The molecule has 6 heteroatoms. The third-order valence-corrected chi connectivity index (χ3v) is 2.81. The summed E-state index contributed by atoms with van der Waals surface area (Å²) in [5.74, 6) is 0.297. The Morgan fingerprint density at radius 3 is 2.78 bits per heavy atom. The molecule has 0 aliphatic rings. The normalized spacial score (nSPS) is 10.4. The minimum atomic E-state index is -0.310. The first-order valence-electron chi connectivity index (χ1n) is 5.34. The van der Waals surface area contributed by atoms with E-state index in [9.17, 15) is 4.79 Å². The lowest BCUT2D eigenvalue weighted by Gasteiger charge is -2.07. The van der Waals surface area contributed by atoms with Gasteiger partial charge in [-0.3, -0.25) is 9.48 Å². The van der Waals surface area contributed by atoms with Crippen molar-refractivity contribution in [1.29, 1.82) is 0 Å². The Labute approximate surface area is 110 Å². The third-order valence-electron chi connectivity index (χ3n) is 2.48. The van der Waals surface area contributed by atoms with Crippen LogP contribution < -0.4 is 11.1 Å². The Morgan fingerprint density at radius 1 is 1.44 bits per heavy atom. The highest BCUT2D eigenvalue weighted by atomic mass is 35.5. The van der Waals surface area contributed by atoms with Gasteiger partial charge in [-0.25, -0.2) is 0 Å². The summed E-state index contributed by atoms with van der Waals surface area (Å²) in [7, 11) is 1.75. The predicted octanol–water partition coefficient (Wildman–Crippen LogP) is 2.22. The lowest BCUT2D eigenvalue weighted by molar-refractivity contribution is 0.102.